The van der Waals surface area contributed by atoms with Crippen molar-refractivity contribution in [3.63, 3.8) is 0 Å². The van der Waals surface area contributed by atoms with E-state index in [4.69, 9.17) is 16.3 Å². The van der Waals surface area contributed by atoms with Crippen LogP contribution in [-0.4, -0.2) is 11.7 Å². The van der Waals surface area contributed by atoms with Crippen molar-refractivity contribution in [2.24, 2.45) is 0 Å². The van der Waals surface area contributed by atoms with Crippen LogP contribution in [0, 0.1) is 11.6 Å². The van der Waals surface area contributed by atoms with E-state index in [1.807, 2.05) is 6.07 Å². The molecule has 1 heterocycles. The van der Waals surface area contributed by atoms with Crippen molar-refractivity contribution < 1.29 is 18.6 Å². The molecule has 1 aliphatic rings. The Morgan fingerprint density at radius 3 is 2.86 bits per heavy atom. The summed E-state index contributed by atoms with van der Waals surface area (Å²) in [5.74, 6) is -0.531. The Morgan fingerprint density at radius 1 is 1.24 bits per heavy atom. The zero-order valence-corrected chi connectivity index (χ0v) is 11.8. The summed E-state index contributed by atoms with van der Waals surface area (Å²) in [6.45, 7) is 0.563. The fourth-order valence-electron chi connectivity index (χ4n) is 2.59. The molecular formula is C16H13ClF2O2. The van der Waals surface area contributed by atoms with Crippen molar-refractivity contribution in [2.75, 3.05) is 6.61 Å². The van der Waals surface area contributed by atoms with Crippen LogP contribution in [0.5, 0.6) is 5.75 Å². The average molecular weight is 311 g/mol. The summed E-state index contributed by atoms with van der Waals surface area (Å²) in [6, 6.07) is 6.54. The molecule has 1 aliphatic heterocycles. The highest BCUT2D eigenvalue weighted by Gasteiger charge is 2.21. The maximum atomic E-state index is 13.7. The number of rotatable bonds is 3. The summed E-state index contributed by atoms with van der Waals surface area (Å²) in [4.78, 5) is 0. The van der Waals surface area contributed by atoms with Crippen molar-refractivity contribution in [1.82, 2.24) is 0 Å². The van der Waals surface area contributed by atoms with E-state index in [1.165, 1.54) is 0 Å². The highest BCUT2D eigenvalue weighted by Crippen LogP contribution is 2.35. The first-order valence-electron chi connectivity index (χ1n) is 6.61. The fourth-order valence-corrected chi connectivity index (χ4v) is 2.85. The average Bonchev–Trinajstić information content (AvgIpc) is 2.89. The fraction of sp³-hybridized carbons (Fsp3) is 0.250. The summed E-state index contributed by atoms with van der Waals surface area (Å²) < 4.78 is 32.4. The van der Waals surface area contributed by atoms with Gasteiger partial charge in [-0.05, 0) is 41.5 Å². The number of halogens is 3. The van der Waals surface area contributed by atoms with Crippen LogP contribution in [0.3, 0.4) is 0 Å². The van der Waals surface area contributed by atoms with E-state index in [1.54, 1.807) is 6.07 Å². The van der Waals surface area contributed by atoms with Gasteiger partial charge in [0.1, 0.15) is 17.4 Å². The Labute approximate surface area is 125 Å². The largest absolute Gasteiger partial charge is 0.493 e. The Bertz CT molecular complexity index is 688. The number of aliphatic hydroxyl groups excluding tert-OH is 1. The van der Waals surface area contributed by atoms with E-state index in [0.717, 1.165) is 30.2 Å². The molecule has 0 radical (unpaired) electrons. The van der Waals surface area contributed by atoms with Gasteiger partial charge in [-0.2, -0.15) is 0 Å². The van der Waals surface area contributed by atoms with Gasteiger partial charge in [-0.15, -0.1) is 0 Å². The third-order valence-corrected chi connectivity index (χ3v) is 3.77. The van der Waals surface area contributed by atoms with Crippen LogP contribution >= 0.6 is 11.6 Å². The van der Waals surface area contributed by atoms with E-state index in [0.29, 0.717) is 22.9 Å². The first-order valence-corrected chi connectivity index (χ1v) is 6.99. The van der Waals surface area contributed by atoms with Gasteiger partial charge in [0.05, 0.1) is 12.7 Å². The van der Waals surface area contributed by atoms with Crippen molar-refractivity contribution >= 4 is 11.6 Å². The van der Waals surface area contributed by atoms with Gasteiger partial charge in [-0.1, -0.05) is 11.6 Å². The lowest BCUT2D eigenvalue weighted by Gasteiger charge is -2.15. The normalized spacial score (nSPS) is 14.7. The zero-order valence-electron chi connectivity index (χ0n) is 11.1. The summed E-state index contributed by atoms with van der Waals surface area (Å²) in [7, 11) is 0. The Hall–Kier alpha value is -1.65. The highest BCUT2D eigenvalue weighted by molar-refractivity contribution is 6.30. The SMILES string of the molecule is OC(Cc1cc(Cl)cc2c1OCC2)c1cc(F)ccc1F. The number of aliphatic hydroxyl groups is 1. The van der Waals surface area contributed by atoms with Crippen LogP contribution < -0.4 is 4.74 Å². The van der Waals surface area contributed by atoms with Gasteiger partial charge in [0.15, 0.2) is 0 Å². The maximum Gasteiger partial charge on any atom is 0.129 e. The maximum absolute atomic E-state index is 13.7. The van der Waals surface area contributed by atoms with Crippen molar-refractivity contribution in [3.8, 4) is 5.75 Å². The van der Waals surface area contributed by atoms with E-state index in [9.17, 15) is 13.9 Å². The van der Waals surface area contributed by atoms with Gasteiger partial charge in [-0.25, -0.2) is 8.78 Å². The van der Waals surface area contributed by atoms with Crippen LogP contribution in [0.1, 0.15) is 22.8 Å². The quantitative estimate of drug-likeness (QED) is 0.933. The Morgan fingerprint density at radius 2 is 2.05 bits per heavy atom. The second-order valence-corrected chi connectivity index (χ2v) is 5.47. The van der Waals surface area contributed by atoms with Crippen LogP contribution in [0.4, 0.5) is 8.78 Å². The highest BCUT2D eigenvalue weighted by atomic mass is 35.5. The molecule has 3 rings (SSSR count). The lowest BCUT2D eigenvalue weighted by atomic mass is 9.98. The standard InChI is InChI=1S/C16H13ClF2O2/c17-11-5-9-3-4-21-16(9)10(6-11)7-15(20)13-8-12(18)1-2-14(13)19/h1-2,5-6,8,15,20H,3-4,7H2. The van der Waals surface area contributed by atoms with Crippen LogP contribution in [0.25, 0.3) is 0 Å². The molecule has 0 aliphatic carbocycles. The van der Waals surface area contributed by atoms with Gasteiger partial charge in [-0.3, -0.25) is 0 Å². The van der Waals surface area contributed by atoms with Crippen molar-refractivity contribution in [2.45, 2.75) is 18.9 Å². The molecular weight excluding hydrogens is 298 g/mol. The molecule has 0 aromatic heterocycles. The van der Waals surface area contributed by atoms with E-state index in [2.05, 4.69) is 0 Å². The summed E-state index contributed by atoms with van der Waals surface area (Å²) >= 11 is 6.04. The molecule has 0 amide bonds. The third kappa shape index (κ3) is 2.87. The number of hydrogen-bond acceptors (Lipinski definition) is 2. The number of ether oxygens (including phenoxy) is 1. The minimum absolute atomic E-state index is 0.0678. The van der Waals surface area contributed by atoms with Gasteiger partial charge >= 0.3 is 0 Å². The first-order chi connectivity index (χ1) is 10.0. The van der Waals surface area contributed by atoms with E-state index in [-0.39, 0.29) is 12.0 Å². The van der Waals surface area contributed by atoms with Gasteiger partial charge < -0.3 is 9.84 Å². The summed E-state index contributed by atoms with van der Waals surface area (Å²) in [5.41, 5.74) is 1.61. The molecule has 2 aromatic carbocycles. The number of fused-ring (bicyclic) bond motifs is 1. The number of hydrogen-bond donors (Lipinski definition) is 1. The molecule has 0 fully saturated rings. The molecule has 0 saturated heterocycles. The topological polar surface area (TPSA) is 29.5 Å². The predicted molar refractivity (Wildman–Crippen MR) is 75.7 cm³/mol. The van der Waals surface area contributed by atoms with E-state index < -0.39 is 17.7 Å². The Balaban J connectivity index is 1.92. The van der Waals surface area contributed by atoms with E-state index >= 15 is 0 Å². The second-order valence-electron chi connectivity index (χ2n) is 5.04. The van der Waals surface area contributed by atoms with Gasteiger partial charge in [0.2, 0.25) is 0 Å². The van der Waals surface area contributed by atoms with Gasteiger partial charge in [0, 0.05) is 23.4 Å². The molecule has 0 bridgehead atoms. The molecule has 2 nitrogen and oxygen atoms in total. The minimum atomic E-state index is -1.16. The lowest BCUT2D eigenvalue weighted by Crippen LogP contribution is -2.06. The zero-order chi connectivity index (χ0) is 15.0. The van der Waals surface area contributed by atoms with Gasteiger partial charge in [0.25, 0.3) is 0 Å². The molecule has 0 saturated carbocycles. The molecule has 0 spiro atoms. The third-order valence-electron chi connectivity index (χ3n) is 3.56. The van der Waals surface area contributed by atoms with Crippen LogP contribution in [0.2, 0.25) is 5.02 Å². The van der Waals surface area contributed by atoms with Crippen LogP contribution in [-0.2, 0) is 12.8 Å². The van der Waals surface area contributed by atoms with Crippen molar-refractivity contribution in [1.29, 1.82) is 0 Å². The molecule has 1 unspecified atom stereocenters. The molecule has 110 valence electrons. The molecule has 21 heavy (non-hydrogen) atoms. The predicted octanol–water partition coefficient (Wildman–Crippen LogP) is 3.83. The minimum Gasteiger partial charge on any atom is -0.493 e. The summed E-state index contributed by atoms with van der Waals surface area (Å²) in [6.07, 6.45) is -0.288. The molecule has 1 N–H and O–H groups in total. The monoisotopic (exact) mass is 310 g/mol. The Kier molecular flexibility index (Phi) is 3.83. The van der Waals surface area contributed by atoms with Crippen LogP contribution in [0.15, 0.2) is 30.3 Å². The molecule has 2 aromatic rings. The first kappa shape index (κ1) is 14.3. The number of benzene rings is 2. The van der Waals surface area contributed by atoms with Crippen molar-refractivity contribution in [3.05, 3.63) is 63.7 Å². The molecule has 1 atom stereocenters. The molecule has 5 heteroatoms. The smallest absolute Gasteiger partial charge is 0.129 e. The summed E-state index contributed by atoms with van der Waals surface area (Å²) in [5, 5.41) is 10.7. The lowest BCUT2D eigenvalue weighted by molar-refractivity contribution is 0.172. The second kappa shape index (κ2) is 5.62.